The molecule has 2 aromatic carbocycles. The van der Waals surface area contributed by atoms with Crippen molar-refractivity contribution in [2.45, 2.75) is 26.3 Å². The number of nitrogens with zero attached hydrogens (tertiary/aromatic N) is 1. The summed E-state index contributed by atoms with van der Waals surface area (Å²) in [6.07, 6.45) is 2.15. The van der Waals surface area contributed by atoms with Crippen LogP contribution in [0, 0.1) is 0 Å². The Morgan fingerprint density at radius 3 is 2.44 bits per heavy atom. The molecular formula is C19H23N3O3. The van der Waals surface area contributed by atoms with Crippen LogP contribution in [-0.2, 0) is 4.79 Å². The Morgan fingerprint density at radius 1 is 1.16 bits per heavy atom. The number of phenolic OH excluding ortho intramolecular Hbond substituents is 1. The van der Waals surface area contributed by atoms with Crippen molar-refractivity contribution < 1.29 is 14.6 Å². The number of carbonyl (C=O) groups is 1. The molecule has 0 radical (unpaired) electrons. The number of aromatic hydroxyl groups is 1. The number of carbonyl (C=O) groups excluding carboxylic acids is 1. The summed E-state index contributed by atoms with van der Waals surface area (Å²) in [5.74, 6) is 0.766. The average Bonchev–Trinajstić information content (AvgIpc) is 2.63. The van der Waals surface area contributed by atoms with Gasteiger partial charge in [0, 0.05) is 5.69 Å². The van der Waals surface area contributed by atoms with Crippen LogP contribution >= 0.6 is 0 Å². The molecule has 0 fully saturated rings. The van der Waals surface area contributed by atoms with E-state index in [1.807, 2.05) is 38.1 Å². The number of hydrazone groups is 1. The van der Waals surface area contributed by atoms with Gasteiger partial charge in [-0.3, -0.25) is 4.79 Å². The van der Waals surface area contributed by atoms with E-state index in [4.69, 9.17) is 4.74 Å². The number of ether oxygens (including phenoxy) is 1. The van der Waals surface area contributed by atoms with E-state index in [0.29, 0.717) is 13.0 Å². The minimum Gasteiger partial charge on any atom is -0.508 e. The SMILES string of the molecule is CCOc1ccc(N[C@@H](CC)C(=O)NN=Cc2ccc(O)cc2)cc1. The first-order valence-electron chi connectivity index (χ1n) is 8.23. The lowest BCUT2D eigenvalue weighted by Crippen LogP contribution is -2.36. The van der Waals surface area contributed by atoms with Crippen molar-refractivity contribution in [3.63, 3.8) is 0 Å². The molecule has 6 heteroatoms. The molecule has 0 saturated heterocycles. The molecule has 2 rings (SSSR count). The molecule has 0 bridgehead atoms. The summed E-state index contributed by atoms with van der Waals surface area (Å²) >= 11 is 0. The molecule has 0 aromatic heterocycles. The predicted molar refractivity (Wildman–Crippen MR) is 99.2 cm³/mol. The van der Waals surface area contributed by atoms with E-state index in [0.717, 1.165) is 17.0 Å². The Morgan fingerprint density at radius 2 is 1.84 bits per heavy atom. The van der Waals surface area contributed by atoms with E-state index < -0.39 is 6.04 Å². The number of phenols is 1. The van der Waals surface area contributed by atoms with Crippen molar-refractivity contribution in [2.24, 2.45) is 5.10 Å². The molecule has 1 amide bonds. The summed E-state index contributed by atoms with van der Waals surface area (Å²) in [5.41, 5.74) is 4.15. The highest BCUT2D eigenvalue weighted by molar-refractivity contribution is 5.86. The maximum absolute atomic E-state index is 12.2. The van der Waals surface area contributed by atoms with Crippen LogP contribution in [-0.4, -0.2) is 29.9 Å². The van der Waals surface area contributed by atoms with E-state index in [1.54, 1.807) is 24.3 Å². The molecular weight excluding hydrogens is 318 g/mol. The van der Waals surface area contributed by atoms with Crippen LogP contribution in [0.25, 0.3) is 0 Å². The van der Waals surface area contributed by atoms with Gasteiger partial charge in [-0.1, -0.05) is 6.92 Å². The highest BCUT2D eigenvalue weighted by Crippen LogP contribution is 2.17. The second-order valence-corrected chi connectivity index (χ2v) is 5.39. The smallest absolute Gasteiger partial charge is 0.262 e. The van der Waals surface area contributed by atoms with Gasteiger partial charge in [-0.2, -0.15) is 5.10 Å². The van der Waals surface area contributed by atoms with Gasteiger partial charge in [-0.15, -0.1) is 0 Å². The van der Waals surface area contributed by atoms with E-state index >= 15 is 0 Å². The number of amides is 1. The van der Waals surface area contributed by atoms with E-state index in [2.05, 4.69) is 15.8 Å². The van der Waals surface area contributed by atoms with E-state index in [1.165, 1.54) is 6.21 Å². The lowest BCUT2D eigenvalue weighted by Gasteiger charge is -2.16. The maximum atomic E-state index is 12.2. The molecule has 132 valence electrons. The minimum atomic E-state index is -0.394. The standard InChI is InChI=1S/C19H23N3O3/c1-3-18(21-15-7-11-17(12-8-15)25-4-2)19(24)22-20-13-14-5-9-16(23)10-6-14/h5-13,18,21,23H,3-4H2,1-2H3,(H,22,24)/t18-/m0/s1. The summed E-state index contributed by atoms with van der Waals surface area (Å²) in [6.45, 7) is 4.48. The van der Waals surface area contributed by atoms with Gasteiger partial charge in [0.05, 0.1) is 12.8 Å². The van der Waals surface area contributed by atoms with Crippen molar-refractivity contribution in [3.05, 3.63) is 54.1 Å². The zero-order valence-electron chi connectivity index (χ0n) is 14.4. The summed E-state index contributed by atoms with van der Waals surface area (Å²) < 4.78 is 5.40. The Kier molecular flexibility index (Phi) is 6.83. The second kappa shape index (κ2) is 9.32. The Hall–Kier alpha value is -3.02. The molecule has 0 aliphatic rings. The minimum absolute atomic E-state index is 0.187. The van der Waals surface area contributed by atoms with Crippen molar-refractivity contribution in [1.82, 2.24) is 5.43 Å². The number of benzene rings is 2. The highest BCUT2D eigenvalue weighted by Gasteiger charge is 2.15. The van der Waals surface area contributed by atoms with Crippen LogP contribution in [0.3, 0.4) is 0 Å². The lowest BCUT2D eigenvalue weighted by atomic mass is 10.2. The van der Waals surface area contributed by atoms with Crippen molar-refractivity contribution in [2.75, 3.05) is 11.9 Å². The lowest BCUT2D eigenvalue weighted by molar-refractivity contribution is -0.121. The molecule has 0 aliphatic carbocycles. The monoisotopic (exact) mass is 341 g/mol. The third kappa shape index (κ3) is 5.84. The first-order chi connectivity index (χ1) is 12.1. The van der Waals surface area contributed by atoms with Crippen molar-refractivity contribution >= 4 is 17.8 Å². The van der Waals surface area contributed by atoms with Gasteiger partial charge in [-0.25, -0.2) is 5.43 Å². The fourth-order valence-electron chi connectivity index (χ4n) is 2.18. The normalized spacial score (nSPS) is 11.9. The molecule has 0 aliphatic heterocycles. The Bertz CT molecular complexity index is 697. The van der Waals surface area contributed by atoms with Crippen LogP contribution in [0.4, 0.5) is 5.69 Å². The zero-order valence-corrected chi connectivity index (χ0v) is 14.4. The summed E-state index contributed by atoms with van der Waals surface area (Å²) in [5, 5.41) is 16.4. The van der Waals surface area contributed by atoms with Gasteiger partial charge in [-0.05, 0) is 67.4 Å². The Balaban J connectivity index is 1.90. The molecule has 3 N–H and O–H groups in total. The molecule has 0 saturated carbocycles. The maximum Gasteiger partial charge on any atom is 0.262 e. The average molecular weight is 341 g/mol. The van der Waals surface area contributed by atoms with E-state index in [-0.39, 0.29) is 11.7 Å². The van der Waals surface area contributed by atoms with Crippen LogP contribution in [0.1, 0.15) is 25.8 Å². The van der Waals surface area contributed by atoms with Crippen molar-refractivity contribution in [3.8, 4) is 11.5 Å². The largest absolute Gasteiger partial charge is 0.508 e. The van der Waals surface area contributed by atoms with Crippen LogP contribution in [0.5, 0.6) is 11.5 Å². The molecule has 0 heterocycles. The van der Waals surface area contributed by atoms with E-state index in [9.17, 15) is 9.90 Å². The molecule has 25 heavy (non-hydrogen) atoms. The van der Waals surface area contributed by atoms with Crippen LogP contribution in [0.2, 0.25) is 0 Å². The zero-order chi connectivity index (χ0) is 18.1. The van der Waals surface area contributed by atoms with Crippen molar-refractivity contribution in [1.29, 1.82) is 0 Å². The molecule has 2 aromatic rings. The molecule has 0 spiro atoms. The fourth-order valence-corrected chi connectivity index (χ4v) is 2.18. The second-order valence-electron chi connectivity index (χ2n) is 5.39. The first-order valence-corrected chi connectivity index (χ1v) is 8.23. The van der Waals surface area contributed by atoms with Gasteiger partial charge >= 0.3 is 0 Å². The van der Waals surface area contributed by atoms with Gasteiger partial charge in [0.25, 0.3) is 5.91 Å². The third-order valence-electron chi connectivity index (χ3n) is 3.51. The quantitative estimate of drug-likeness (QED) is 0.509. The summed E-state index contributed by atoms with van der Waals surface area (Å²) in [6, 6.07) is 13.6. The highest BCUT2D eigenvalue weighted by atomic mass is 16.5. The number of rotatable bonds is 8. The molecule has 0 unspecified atom stereocenters. The van der Waals surface area contributed by atoms with Gasteiger partial charge in [0.15, 0.2) is 0 Å². The van der Waals surface area contributed by atoms with Crippen LogP contribution < -0.4 is 15.5 Å². The third-order valence-corrected chi connectivity index (χ3v) is 3.51. The number of hydrogen-bond acceptors (Lipinski definition) is 5. The van der Waals surface area contributed by atoms with Gasteiger partial charge < -0.3 is 15.2 Å². The number of nitrogens with one attached hydrogen (secondary N) is 2. The number of anilines is 1. The molecule has 6 nitrogen and oxygen atoms in total. The molecule has 1 atom stereocenters. The summed E-state index contributed by atoms with van der Waals surface area (Å²) in [7, 11) is 0. The predicted octanol–water partition coefficient (Wildman–Crippen LogP) is 3.13. The van der Waals surface area contributed by atoms with Gasteiger partial charge in [0.1, 0.15) is 17.5 Å². The Labute approximate surface area is 147 Å². The topological polar surface area (TPSA) is 83.0 Å². The van der Waals surface area contributed by atoms with Gasteiger partial charge in [0.2, 0.25) is 0 Å². The summed E-state index contributed by atoms with van der Waals surface area (Å²) in [4.78, 5) is 12.2. The fraction of sp³-hybridized carbons (Fsp3) is 0.263. The first kappa shape index (κ1) is 18.3. The van der Waals surface area contributed by atoms with Crippen LogP contribution in [0.15, 0.2) is 53.6 Å². The number of hydrogen-bond donors (Lipinski definition) is 3.